The summed E-state index contributed by atoms with van der Waals surface area (Å²) < 4.78 is 29.8. The molecule has 7 N–H and O–H groups in total. The van der Waals surface area contributed by atoms with Gasteiger partial charge in [0.25, 0.3) is 0 Å². The monoisotopic (exact) mass is 814 g/mol. The summed E-state index contributed by atoms with van der Waals surface area (Å²) in [6.45, 7) is 3.56. The number of ether oxygens (including phenoxy) is 5. The van der Waals surface area contributed by atoms with E-state index in [1.54, 1.807) is 30.3 Å². The number of halogens is 2. The zero-order chi connectivity index (χ0) is 40.1. The molecule has 2 fully saturated rings. The molecule has 6 rings (SSSR count). The Labute approximate surface area is 335 Å². The van der Waals surface area contributed by atoms with Gasteiger partial charge >= 0.3 is 0 Å². The van der Waals surface area contributed by atoms with Crippen LogP contribution < -0.4 is 9.47 Å². The van der Waals surface area contributed by atoms with Gasteiger partial charge in [0.2, 0.25) is 5.79 Å². The average molecular weight is 816 g/mol. The first-order valence-electron chi connectivity index (χ1n) is 18.6. The normalized spacial score (nSPS) is 29.2. The predicted octanol–water partition coefficient (Wildman–Crippen LogP) is 3.84. The molecule has 302 valence electrons. The van der Waals surface area contributed by atoms with Crippen LogP contribution in [-0.2, 0) is 32.8 Å². The highest BCUT2D eigenvalue weighted by Gasteiger charge is 2.56. The van der Waals surface area contributed by atoms with Crippen LogP contribution in [-0.4, -0.2) is 111 Å². The molecule has 2 aliphatic heterocycles. The zero-order valence-electron chi connectivity index (χ0n) is 30.9. The van der Waals surface area contributed by atoms with Crippen LogP contribution in [0, 0.1) is 0 Å². The van der Waals surface area contributed by atoms with Gasteiger partial charge in [-0.25, -0.2) is 0 Å². The Kier molecular flexibility index (Phi) is 14.0. The van der Waals surface area contributed by atoms with Crippen LogP contribution in [0.15, 0.2) is 84.9 Å². The van der Waals surface area contributed by atoms with E-state index < -0.39 is 73.9 Å². The Balaban J connectivity index is 1.28. The molecule has 12 nitrogen and oxygen atoms in total. The fourth-order valence-electron chi connectivity index (χ4n) is 7.17. The molecule has 0 saturated carbocycles. The minimum atomic E-state index is -2.24. The topological polar surface area (TPSA) is 188 Å². The Hall–Kier alpha value is -3.34. The standard InChI is InChI=1S/C42H48Cl2O12/c1-3-52-29-11-5-23(6-12-29)17-26-19-25(9-15-31(26)43)40-38(49)37(48)36(47)34(55-40)22-54-42(41(51)39(50)35(46)33(21-45)56-42)28-10-16-32(44)27(20-28)18-24-7-13-30(14-8-24)53-4-2/h5-16,19-20,33-41,45-51H,3-4,17-18,21-22H2,1-2H3/t33-,34?,35-,36-,37+,38-,39+,40-,41-,42?/m1/s1. The molecule has 2 unspecified atom stereocenters. The Morgan fingerprint density at radius 3 is 1.71 bits per heavy atom. The molecule has 0 bridgehead atoms. The van der Waals surface area contributed by atoms with E-state index in [9.17, 15) is 35.7 Å². The maximum atomic E-state index is 11.6. The molecule has 56 heavy (non-hydrogen) atoms. The lowest BCUT2D eigenvalue weighted by atomic mass is 9.86. The predicted molar refractivity (Wildman–Crippen MR) is 207 cm³/mol. The smallest absolute Gasteiger partial charge is 0.225 e. The van der Waals surface area contributed by atoms with Gasteiger partial charge in [-0.05, 0) is 97.0 Å². The van der Waals surface area contributed by atoms with Gasteiger partial charge in [-0.1, -0.05) is 65.7 Å². The van der Waals surface area contributed by atoms with Crippen LogP contribution in [0.5, 0.6) is 11.5 Å². The maximum Gasteiger partial charge on any atom is 0.225 e. The molecule has 14 heteroatoms. The Morgan fingerprint density at radius 1 is 0.625 bits per heavy atom. The molecule has 0 aromatic heterocycles. The summed E-state index contributed by atoms with van der Waals surface area (Å²) in [6.07, 6.45) is -13.4. The number of hydrogen-bond acceptors (Lipinski definition) is 12. The fraction of sp³-hybridized carbons (Fsp3) is 0.429. The highest BCUT2D eigenvalue weighted by Crippen LogP contribution is 2.43. The van der Waals surface area contributed by atoms with Gasteiger partial charge in [0.15, 0.2) is 0 Å². The van der Waals surface area contributed by atoms with Crippen molar-refractivity contribution in [1.29, 1.82) is 0 Å². The van der Waals surface area contributed by atoms with Crippen molar-refractivity contribution in [3.8, 4) is 11.5 Å². The third kappa shape index (κ3) is 9.02. The molecule has 0 spiro atoms. The van der Waals surface area contributed by atoms with Gasteiger partial charge in [-0.3, -0.25) is 0 Å². The van der Waals surface area contributed by atoms with E-state index in [2.05, 4.69) is 0 Å². The Bertz CT molecular complexity index is 1890. The SMILES string of the molecule is CCOc1ccc(Cc2cc([C@H]3OC(COC4(c5ccc(Cl)c(Cc6ccc(OCC)cc6)c5)O[C@H](CO)[C@@H](O)[C@H](O)[C@H]4O)[C@@H](O)[C@H](O)[C@H]3O)ccc2Cl)cc1. The van der Waals surface area contributed by atoms with Crippen molar-refractivity contribution < 1.29 is 59.4 Å². The van der Waals surface area contributed by atoms with Crippen molar-refractivity contribution in [3.63, 3.8) is 0 Å². The second kappa shape index (κ2) is 18.5. The molecule has 4 aromatic carbocycles. The van der Waals surface area contributed by atoms with E-state index in [-0.39, 0.29) is 5.56 Å². The van der Waals surface area contributed by atoms with E-state index in [4.69, 9.17) is 46.9 Å². The summed E-state index contributed by atoms with van der Waals surface area (Å²) in [5.74, 6) is -0.798. The minimum Gasteiger partial charge on any atom is -0.494 e. The number of aliphatic hydroxyl groups is 7. The number of aliphatic hydroxyl groups excluding tert-OH is 7. The van der Waals surface area contributed by atoms with Crippen LogP contribution in [0.4, 0.5) is 0 Å². The van der Waals surface area contributed by atoms with Gasteiger partial charge in [0.1, 0.15) is 66.4 Å². The van der Waals surface area contributed by atoms with Gasteiger partial charge in [0, 0.05) is 15.6 Å². The van der Waals surface area contributed by atoms with Crippen molar-refractivity contribution in [2.75, 3.05) is 26.4 Å². The highest BCUT2D eigenvalue weighted by molar-refractivity contribution is 6.31. The second-order valence-electron chi connectivity index (χ2n) is 14.0. The fourth-order valence-corrected chi connectivity index (χ4v) is 7.54. The minimum absolute atomic E-state index is 0.179. The summed E-state index contributed by atoms with van der Waals surface area (Å²) in [4.78, 5) is 0. The molecule has 10 atom stereocenters. The van der Waals surface area contributed by atoms with Gasteiger partial charge < -0.3 is 59.4 Å². The van der Waals surface area contributed by atoms with Crippen molar-refractivity contribution >= 4 is 23.2 Å². The lowest BCUT2D eigenvalue weighted by molar-refractivity contribution is -0.381. The average Bonchev–Trinajstić information content (AvgIpc) is 3.20. The molecule has 4 aromatic rings. The summed E-state index contributed by atoms with van der Waals surface area (Å²) in [5.41, 5.74) is 3.82. The third-order valence-corrected chi connectivity index (χ3v) is 11.0. The number of hydrogen-bond donors (Lipinski definition) is 7. The van der Waals surface area contributed by atoms with Gasteiger partial charge in [-0.15, -0.1) is 0 Å². The molecule has 0 radical (unpaired) electrons. The first-order chi connectivity index (χ1) is 26.9. The third-order valence-electron chi connectivity index (χ3n) is 10.2. The summed E-state index contributed by atoms with van der Waals surface area (Å²) in [6, 6.07) is 24.8. The Morgan fingerprint density at radius 2 is 1.16 bits per heavy atom. The maximum absolute atomic E-state index is 11.6. The van der Waals surface area contributed by atoms with Crippen molar-refractivity contribution in [3.05, 3.63) is 128 Å². The van der Waals surface area contributed by atoms with Crippen LogP contribution in [0.1, 0.15) is 53.3 Å². The lowest BCUT2D eigenvalue weighted by Gasteiger charge is -2.49. The first kappa shape index (κ1) is 42.3. The van der Waals surface area contributed by atoms with Gasteiger partial charge in [0.05, 0.1) is 26.4 Å². The number of rotatable bonds is 14. The van der Waals surface area contributed by atoms with Crippen molar-refractivity contribution in [1.82, 2.24) is 0 Å². The second-order valence-corrected chi connectivity index (χ2v) is 14.8. The number of benzene rings is 4. The van der Waals surface area contributed by atoms with E-state index >= 15 is 0 Å². The summed E-state index contributed by atoms with van der Waals surface area (Å²) in [7, 11) is 0. The van der Waals surface area contributed by atoms with Gasteiger partial charge in [-0.2, -0.15) is 0 Å². The lowest BCUT2D eigenvalue weighted by Crippen LogP contribution is -2.65. The largest absolute Gasteiger partial charge is 0.494 e. The molecule has 0 amide bonds. The molecule has 2 saturated heterocycles. The molecular weight excluding hydrogens is 767 g/mol. The molecule has 0 aliphatic carbocycles. The van der Waals surface area contributed by atoms with E-state index in [0.29, 0.717) is 53.0 Å². The zero-order valence-corrected chi connectivity index (χ0v) is 32.5. The highest BCUT2D eigenvalue weighted by atomic mass is 35.5. The van der Waals surface area contributed by atoms with Crippen molar-refractivity contribution in [2.24, 2.45) is 0 Å². The summed E-state index contributed by atoms with van der Waals surface area (Å²) in [5, 5.41) is 77.7. The van der Waals surface area contributed by atoms with E-state index in [1.165, 1.54) is 6.07 Å². The molecule has 2 aliphatic rings. The van der Waals surface area contributed by atoms with E-state index in [0.717, 1.165) is 22.4 Å². The van der Waals surface area contributed by atoms with Crippen LogP contribution in [0.2, 0.25) is 10.0 Å². The molecular formula is C42H48Cl2O12. The first-order valence-corrected chi connectivity index (χ1v) is 19.3. The van der Waals surface area contributed by atoms with Crippen LogP contribution >= 0.6 is 23.2 Å². The van der Waals surface area contributed by atoms with Crippen molar-refractivity contribution in [2.45, 2.75) is 87.4 Å². The van der Waals surface area contributed by atoms with Crippen LogP contribution in [0.3, 0.4) is 0 Å². The van der Waals surface area contributed by atoms with E-state index in [1.807, 2.05) is 62.4 Å². The quantitative estimate of drug-likeness (QED) is 0.0977. The summed E-state index contributed by atoms with van der Waals surface area (Å²) >= 11 is 13.2. The molecule has 2 heterocycles. The van der Waals surface area contributed by atoms with Crippen LogP contribution in [0.25, 0.3) is 0 Å².